The van der Waals surface area contributed by atoms with E-state index in [4.69, 9.17) is 20.4 Å². The van der Waals surface area contributed by atoms with Gasteiger partial charge in [-0.1, -0.05) is 0 Å². The van der Waals surface area contributed by atoms with Gasteiger partial charge in [0.1, 0.15) is 6.10 Å². The molecule has 6 heteroatoms. The first-order chi connectivity index (χ1) is 5.16. The molecule has 4 atom stereocenters. The summed E-state index contributed by atoms with van der Waals surface area (Å²) in [5.74, 6) is 0. The maximum atomic E-state index is 9.09. The number of rotatable bonds is 1. The molecule has 0 aromatic rings. The first-order valence-electron chi connectivity index (χ1n) is 3.30. The molecule has 1 aliphatic heterocycles. The second-order valence-electron chi connectivity index (χ2n) is 2.46. The van der Waals surface area contributed by atoms with Crippen LogP contribution in [0.1, 0.15) is 0 Å². The Balaban J connectivity index is 0.00000121. The summed E-state index contributed by atoms with van der Waals surface area (Å²) in [7, 11) is 0. The smallest absolute Gasteiger partial charge is 0.544 e. The Bertz CT molecular complexity index is 131. The van der Waals surface area contributed by atoms with Crippen LogP contribution in [-0.4, -0.2) is 51.4 Å². The summed E-state index contributed by atoms with van der Waals surface area (Å²) in [6, 6.07) is 0. The first-order valence-corrected chi connectivity index (χ1v) is 3.30. The number of hydrogen-bond donors (Lipinski definition) is 4. The van der Waals surface area contributed by atoms with Crippen molar-refractivity contribution in [3.8, 4) is 0 Å². The summed E-state index contributed by atoms with van der Waals surface area (Å²) in [4.78, 5) is 0. The molecule has 0 aromatic carbocycles. The molecule has 0 radical (unpaired) electrons. The fourth-order valence-electron chi connectivity index (χ4n) is 0.915. The van der Waals surface area contributed by atoms with E-state index in [9.17, 15) is 0 Å². The van der Waals surface area contributed by atoms with Crippen molar-refractivity contribution in [2.24, 2.45) is 0 Å². The van der Waals surface area contributed by atoms with Gasteiger partial charge in [-0.05, 0) is 6.10 Å². The first kappa shape index (κ1) is 12.5. The largest absolute Gasteiger partial charge is 1.00 e. The topological polar surface area (TPSA) is 90.2 Å². The van der Waals surface area contributed by atoms with Crippen molar-refractivity contribution in [3.05, 3.63) is 6.61 Å². The van der Waals surface area contributed by atoms with Gasteiger partial charge in [0, 0.05) is 0 Å². The van der Waals surface area contributed by atoms with Crippen LogP contribution >= 0.6 is 0 Å². The van der Waals surface area contributed by atoms with Crippen molar-refractivity contribution in [3.63, 3.8) is 0 Å². The normalized spacial score (nSPS) is 42.0. The molecule has 0 amide bonds. The number of aliphatic hydroxyl groups is 4. The standard InChI is InChI=1S/C6H11O5.Au/c7-1-4-6(10)5(9)3(8)2-11-4;/h2-10H,1H2;/q-1;+1/t3-,4+,5+,6-;/m0./s1. The Labute approximate surface area is 85.5 Å². The Kier molecular flexibility index (Phi) is 5.55. The Morgan fingerprint density at radius 2 is 1.75 bits per heavy atom. The minimum absolute atomic E-state index is 0. The van der Waals surface area contributed by atoms with Gasteiger partial charge in [-0.15, -0.1) is 0 Å². The maximum absolute atomic E-state index is 9.09. The molecule has 5 nitrogen and oxygen atoms in total. The molecular weight excluding hydrogens is 349 g/mol. The zero-order chi connectivity index (χ0) is 8.43. The monoisotopic (exact) mass is 360 g/mol. The van der Waals surface area contributed by atoms with Crippen molar-refractivity contribution in [2.45, 2.75) is 24.4 Å². The van der Waals surface area contributed by atoms with Gasteiger partial charge in [0.2, 0.25) is 0 Å². The van der Waals surface area contributed by atoms with E-state index < -0.39 is 24.4 Å². The SMILES string of the molecule is OC[C@H]1O[CH-][C@H](O)[C@@H](O)[C@H]1O.[Au+]. The van der Waals surface area contributed by atoms with E-state index in [0.29, 0.717) is 0 Å². The summed E-state index contributed by atoms with van der Waals surface area (Å²) >= 11 is 0. The molecule has 12 heavy (non-hydrogen) atoms. The van der Waals surface area contributed by atoms with Crippen molar-refractivity contribution < 1.29 is 47.5 Å². The second-order valence-corrected chi connectivity index (χ2v) is 2.46. The Morgan fingerprint density at radius 3 is 2.25 bits per heavy atom. The van der Waals surface area contributed by atoms with Crippen LogP contribution < -0.4 is 0 Å². The molecule has 1 heterocycles. The summed E-state index contributed by atoms with van der Waals surface area (Å²) in [5, 5.41) is 35.6. The van der Waals surface area contributed by atoms with E-state index in [2.05, 4.69) is 4.74 Å². The third-order valence-electron chi connectivity index (χ3n) is 1.65. The molecule has 1 saturated heterocycles. The van der Waals surface area contributed by atoms with Gasteiger partial charge in [0.15, 0.2) is 0 Å². The van der Waals surface area contributed by atoms with Crippen LogP contribution in [-0.2, 0) is 27.1 Å². The molecule has 76 valence electrons. The quantitative estimate of drug-likeness (QED) is 0.310. The third kappa shape index (κ3) is 2.51. The fraction of sp³-hybridized carbons (Fsp3) is 0.833. The summed E-state index contributed by atoms with van der Waals surface area (Å²) in [6.07, 6.45) is -4.54. The minimum atomic E-state index is -1.28. The molecule has 1 fully saturated rings. The number of hydrogen-bond acceptors (Lipinski definition) is 5. The molecule has 0 aliphatic carbocycles. The molecule has 0 aromatic heterocycles. The molecule has 1 aliphatic rings. The van der Waals surface area contributed by atoms with Gasteiger partial charge in [0.25, 0.3) is 0 Å². The fourth-order valence-corrected chi connectivity index (χ4v) is 0.915. The van der Waals surface area contributed by atoms with Crippen LogP contribution in [0.3, 0.4) is 0 Å². The van der Waals surface area contributed by atoms with Crippen LogP contribution in [0.5, 0.6) is 0 Å². The van der Waals surface area contributed by atoms with Gasteiger partial charge >= 0.3 is 22.4 Å². The van der Waals surface area contributed by atoms with Crippen LogP contribution in [0.2, 0.25) is 0 Å². The molecule has 0 saturated carbocycles. The summed E-state index contributed by atoms with van der Waals surface area (Å²) < 4.78 is 4.69. The zero-order valence-corrected chi connectivity index (χ0v) is 8.26. The number of aliphatic hydroxyl groups excluding tert-OH is 4. The van der Waals surface area contributed by atoms with Gasteiger partial charge < -0.3 is 25.2 Å². The van der Waals surface area contributed by atoms with Gasteiger partial charge in [0.05, 0.1) is 18.8 Å². The van der Waals surface area contributed by atoms with Crippen LogP contribution in [0.15, 0.2) is 0 Å². The second kappa shape index (κ2) is 5.31. The summed E-state index contributed by atoms with van der Waals surface area (Å²) in [5.41, 5.74) is 0. The molecule has 0 bridgehead atoms. The van der Waals surface area contributed by atoms with Gasteiger partial charge in [-0.2, -0.15) is 6.61 Å². The van der Waals surface area contributed by atoms with Crippen LogP contribution in [0.4, 0.5) is 0 Å². The van der Waals surface area contributed by atoms with Crippen LogP contribution in [0.25, 0.3) is 0 Å². The van der Waals surface area contributed by atoms with Crippen LogP contribution in [0, 0.1) is 6.61 Å². The van der Waals surface area contributed by atoms with E-state index in [-0.39, 0.29) is 29.0 Å². The van der Waals surface area contributed by atoms with E-state index in [1.54, 1.807) is 0 Å². The van der Waals surface area contributed by atoms with Crippen molar-refractivity contribution in [1.29, 1.82) is 0 Å². The third-order valence-corrected chi connectivity index (χ3v) is 1.65. The Hall–Kier alpha value is 0.540. The molecule has 4 N–H and O–H groups in total. The maximum Gasteiger partial charge on any atom is 1.00 e. The molecular formula is C6H11AuO5. The molecule has 0 unspecified atom stereocenters. The zero-order valence-electron chi connectivity index (χ0n) is 6.09. The predicted octanol–water partition coefficient (Wildman–Crippen LogP) is -2.38. The predicted molar refractivity (Wildman–Crippen MR) is 34.3 cm³/mol. The van der Waals surface area contributed by atoms with Crippen molar-refractivity contribution >= 4 is 0 Å². The average molecular weight is 360 g/mol. The molecule has 1 rings (SSSR count). The van der Waals surface area contributed by atoms with E-state index >= 15 is 0 Å². The molecule has 0 spiro atoms. The average Bonchev–Trinajstić information content (AvgIpc) is 2.01. The van der Waals surface area contributed by atoms with Gasteiger partial charge in [-0.3, -0.25) is 0 Å². The summed E-state index contributed by atoms with van der Waals surface area (Å²) in [6.45, 7) is 0.611. The number of ether oxygens (including phenoxy) is 1. The van der Waals surface area contributed by atoms with Gasteiger partial charge in [-0.25, -0.2) is 0 Å². The van der Waals surface area contributed by atoms with E-state index in [1.807, 2.05) is 0 Å². The van der Waals surface area contributed by atoms with E-state index in [1.165, 1.54) is 0 Å². The van der Waals surface area contributed by atoms with Crippen molar-refractivity contribution in [1.82, 2.24) is 0 Å². The van der Waals surface area contributed by atoms with E-state index in [0.717, 1.165) is 6.61 Å². The Morgan fingerprint density at radius 1 is 1.17 bits per heavy atom. The van der Waals surface area contributed by atoms with Crippen molar-refractivity contribution in [2.75, 3.05) is 6.61 Å². The minimum Gasteiger partial charge on any atom is -0.544 e.